The van der Waals surface area contributed by atoms with Crippen LogP contribution in [0.5, 0.6) is 5.75 Å². The molecule has 6 nitrogen and oxygen atoms in total. The lowest BCUT2D eigenvalue weighted by Gasteiger charge is -2.24. The van der Waals surface area contributed by atoms with Crippen LogP contribution in [-0.4, -0.2) is 39.2 Å². The van der Waals surface area contributed by atoms with Gasteiger partial charge in [0.15, 0.2) is 8.07 Å². The van der Waals surface area contributed by atoms with Crippen LogP contribution in [0.15, 0.2) is 12.1 Å². The van der Waals surface area contributed by atoms with Crippen molar-refractivity contribution in [3.8, 4) is 5.75 Å². The average Bonchev–Trinajstić information content (AvgIpc) is 2.65. The van der Waals surface area contributed by atoms with Crippen molar-refractivity contribution in [2.24, 2.45) is 0 Å². The Hall–Kier alpha value is -2.20. The zero-order valence-electron chi connectivity index (χ0n) is 20.6. The van der Waals surface area contributed by atoms with Gasteiger partial charge in [0.1, 0.15) is 10.7 Å². The van der Waals surface area contributed by atoms with Crippen molar-refractivity contribution in [1.29, 1.82) is 5.39 Å². The van der Waals surface area contributed by atoms with Crippen LogP contribution in [-0.2, 0) is 14.3 Å². The van der Waals surface area contributed by atoms with Gasteiger partial charge in [-0.15, -0.1) is 0 Å². The summed E-state index contributed by atoms with van der Waals surface area (Å²) in [4.78, 5) is 28.9. The number of Topliss-reactive ketones (excluding diaryl/α,β-unsaturated/α-hetero) is 1. The van der Waals surface area contributed by atoms with Gasteiger partial charge in [-0.1, -0.05) is 59.5 Å². The maximum atomic E-state index is 13.1. The molecule has 2 unspecified atom stereocenters. The van der Waals surface area contributed by atoms with E-state index in [9.17, 15) is 15.0 Å². The van der Waals surface area contributed by atoms with Crippen molar-refractivity contribution in [3.05, 3.63) is 33.8 Å². The zero-order chi connectivity index (χ0) is 23.9. The number of ether oxygens (including phenoxy) is 2. The van der Waals surface area contributed by atoms with E-state index in [4.69, 9.17) is 9.47 Å². The predicted octanol–water partition coefficient (Wildman–Crippen LogP) is 6.04. The number of rotatable bonds is 11. The summed E-state index contributed by atoms with van der Waals surface area (Å²) in [5, 5.41) is 9.51. The fourth-order valence-electron chi connectivity index (χ4n) is 3.83. The lowest BCUT2D eigenvalue weighted by Crippen LogP contribution is -2.42. The Bertz CT molecular complexity index is 793. The summed E-state index contributed by atoms with van der Waals surface area (Å²) in [6.07, 6.45) is 0.226. The highest BCUT2D eigenvalue weighted by molar-refractivity contribution is 6.81. The molecule has 1 aromatic carbocycles. The minimum atomic E-state index is -2.05. The smallest absolute Gasteiger partial charge is 0.345 e. The lowest BCUT2D eigenvalue weighted by molar-refractivity contribution is -0.143. The Morgan fingerprint density at radius 2 is 1.55 bits per heavy atom. The van der Waals surface area contributed by atoms with Crippen molar-refractivity contribution >= 4 is 19.8 Å². The molecule has 31 heavy (non-hydrogen) atoms. The average molecular weight is 448 g/mol. The minimum Gasteiger partial charge on any atom is -0.496 e. The summed E-state index contributed by atoms with van der Waals surface area (Å²) < 4.78 is 10.9. The fraction of sp³-hybridized carbons (Fsp3) is 0.667. The number of ketones is 1. The van der Waals surface area contributed by atoms with E-state index in [1.807, 2.05) is 31.8 Å². The number of nitrogens with zero attached hydrogens (tertiary/aromatic N) is 2. The van der Waals surface area contributed by atoms with Crippen LogP contribution >= 0.6 is 0 Å². The normalized spacial score (nSPS) is 13.6. The van der Waals surface area contributed by atoms with Crippen LogP contribution in [0.4, 0.5) is 0 Å². The summed E-state index contributed by atoms with van der Waals surface area (Å²) in [6, 6.07) is 4.10. The second-order valence-corrected chi connectivity index (χ2v) is 15.1. The van der Waals surface area contributed by atoms with E-state index in [1.54, 1.807) is 14.0 Å². The van der Waals surface area contributed by atoms with E-state index in [2.05, 4.69) is 32.7 Å². The molecule has 0 radical (unpaired) electrons. The molecule has 0 aromatic heterocycles. The van der Waals surface area contributed by atoms with Crippen molar-refractivity contribution in [1.82, 2.24) is 0 Å². The van der Waals surface area contributed by atoms with E-state index < -0.39 is 13.7 Å². The Balaban J connectivity index is 3.53. The first kappa shape index (κ1) is 26.8. The standard InChI is InChI=1S/C24H39N2O4Si/c1-10-30-22(28)14-18(13-21(27)24(26-25)31(7,8)9)17-11-19(15(2)3)23(29-6)20(12-17)16(4)5/h11-12,15-16,18,24H,10,13-14H2,1-9H3/q+1. The molecule has 7 heteroatoms. The van der Waals surface area contributed by atoms with E-state index in [-0.39, 0.29) is 42.3 Å². The Labute approximate surface area is 188 Å². The molecule has 1 aromatic rings. The summed E-state index contributed by atoms with van der Waals surface area (Å²) >= 11 is 0. The van der Waals surface area contributed by atoms with Crippen LogP contribution in [0.25, 0.3) is 4.98 Å². The van der Waals surface area contributed by atoms with E-state index in [0.717, 1.165) is 22.4 Å². The topological polar surface area (TPSA) is 80.8 Å². The second-order valence-electron chi connectivity index (χ2n) is 9.80. The van der Waals surface area contributed by atoms with Crippen molar-refractivity contribution in [3.63, 3.8) is 0 Å². The lowest BCUT2D eigenvalue weighted by atomic mass is 9.84. The second kappa shape index (κ2) is 11.4. The molecule has 0 aliphatic heterocycles. The molecule has 0 N–H and O–H groups in total. The molecule has 0 aliphatic carbocycles. The van der Waals surface area contributed by atoms with Gasteiger partial charge in [-0.3, -0.25) is 9.59 Å². The molecule has 0 heterocycles. The van der Waals surface area contributed by atoms with Gasteiger partial charge in [0, 0.05) is 12.3 Å². The van der Waals surface area contributed by atoms with Gasteiger partial charge in [0.05, 0.1) is 20.1 Å². The van der Waals surface area contributed by atoms with Crippen LogP contribution in [0, 0.1) is 5.39 Å². The third kappa shape index (κ3) is 7.17. The maximum Gasteiger partial charge on any atom is 0.345 e. The Morgan fingerprint density at radius 3 is 1.90 bits per heavy atom. The van der Waals surface area contributed by atoms with Gasteiger partial charge in [0.25, 0.3) is 0 Å². The van der Waals surface area contributed by atoms with Crippen molar-refractivity contribution < 1.29 is 19.1 Å². The molecule has 0 saturated heterocycles. The van der Waals surface area contributed by atoms with Gasteiger partial charge >= 0.3 is 11.6 Å². The molecule has 0 amide bonds. The molecule has 0 bridgehead atoms. The van der Waals surface area contributed by atoms with Crippen LogP contribution in [0.2, 0.25) is 19.6 Å². The molecule has 2 atom stereocenters. The number of hydrogen-bond donors (Lipinski definition) is 0. The first-order valence-corrected chi connectivity index (χ1v) is 14.7. The van der Waals surface area contributed by atoms with Crippen LogP contribution < -0.4 is 4.74 Å². The highest BCUT2D eigenvalue weighted by Crippen LogP contribution is 2.39. The Kier molecular flexibility index (Phi) is 9.89. The molecule has 0 spiro atoms. The summed E-state index contributed by atoms with van der Waals surface area (Å²) in [5.41, 5.74) is 2.31. The number of carbonyl (C=O) groups is 2. The van der Waals surface area contributed by atoms with Gasteiger partial charge < -0.3 is 9.47 Å². The Morgan fingerprint density at radius 1 is 1.03 bits per heavy atom. The summed E-state index contributed by atoms with van der Waals surface area (Å²) in [7, 11) is -0.373. The molecular formula is C24H39N2O4Si+. The minimum absolute atomic E-state index is 0.102. The first-order chi connectivity index (χ1) is 14.4. The number of benzene rings is 1. The van der Waals surface area contributed by atoms with E-state index >= 15 is 0 Å². The first-order valence-electron chi connectivity index (χ1n) is 11.1. The van der Waals surface area contributed by atoms with Gasteiger partial charge in [0.2, 0.25) is 11.2 Å². The number of diazo groups is 1. The maximum absolute atomic E-state index is 13.1. The van der Waals surface area contributed by atoms with Gasteiger partial charge in [-0.2, -0.15) is 0 Å². The molecule has 0 fully saturated rings. The molecular weight excluding hydrogens is 408 g/mol. The monoisotopic (exact) mass is 447 g/mol. The fourth-order valence-corrected chi connectivity index (χ4v) is 5.26. The number of carbonyl (C=O) groups excluding carboxylic acids is 2. The third-order valence-electron chi connectivity index (χ3n) is 5.49. The highest BCUT2D eigenvalue weighted by Gasteiger charge is 2.45. The largest absolute Gasteiger partial charge is 0.496 e. The molecule has 0 saturated carbocycles. The number of esters is 1. The summed E-state index contributed by atoms with van der Waals surface area (Å²) in [5.74, 6) is 0.471. The quantitative estimate of drug-likeness (QED) is 0.235. The van der Waals surface area contributed by atoms with Gasteiger partial charge in [-0.25, -0.2) is 0 Å². The molecule has 0 aliphatic rings. The van der Waals surface area contributed by atoms with E-state index in [1.165, 1.54) is 0 Å². The van der Waals surface area contributed by atoms with Crippen molar-refractivity contribution in [2.75, 3.05) is 13.7 Å². The third-order valence-corrected chi connectivity index (χ3v) is 7.57. The SMILES string of the molecule is CCOC(=O)CC(CC(=O)C([N+]#N)[Si](C)(C)C)c1cc(C(C)C)c(OC)c(C(C)C)c1. The molecule has 172 valence electrons. The van der Waals surface area contributed by atoms with Gasteiger partial charge in [-0.05, 0) is 35.4 Å². The molecule has 1 rings (SSSR count). The van der Waals surface area contributed by atoms with Crippen molar-refractivity contribution in [2.45, 2.75) is 90.5 Å². The number of hydrogen-bond acceptors (Lipinski definition) is 5. The van der Waals surface area contributed by atoms with Crippen LogP contribution in [0.1, 0.15) is 81.9 Å². The van der Waals surface area contributed by atoms with Crippen LogP contribution in [0.3, 0.4) is 0 Å². The predicted molar refractivity (Wildman–Crippen MR) is 127 cm³/mol. The number of methoxy groups -OCH3 is 1. The highest BCUT2D eigenvalue weighted by atomic mass is 28.3. The zero-order valence-corrected chi connectivity index (χ0v) is 21.6. The summed E-state index contributed by atoms with van der Waals surface area (Å²) in [6.45, 7) is 16.5. The van der Waals surface area contributed by atoms with E-state index in [0.29, 0.717) is 6.61 Å².